The van der Waals surface area contributed by atoms with Gasteiger partial charge in [0.2, 0.25) is 0 Å². The molecular formula is C17H13ClN2O. The molecule has 0 atom stereocenters. The van der Waals surface area contributed by atoms with Crippen molar-refractivity contribution in [1.29, 1.82) is 0 Å². The molecule has 0 spiro atoms. The third-order valence-corrected chi connectivity index (χ3v) is 3.12. The fourth-order valence-corrected chi connectivity index (χ4v) is 2.15. The minimum Gasteiger partial charge on any atom is -0.486 e. The average Bonchev–Trinajstić information content (AvgIpc) is 2.54. The molecule has 21 heavy (non-hydrogen) atoms. The molecule has 0 radical (unpaired) electrons. The Hall–Kier alpha value is -2.39. The molecule has 0 fully saturated rings. The smallest absolute Gasteiger partial charge is 0.168 e. The highest BCUT2D eigenvalue weighted by atomic mass is 35.5. The van der Waals surface area contributed by atoms with E-state index in [4.69, 9.17) is 16.3 Å². The highest BCUT2D eigenvalue weighted by Gasteiger charge is 2.06. The summed E-state index contributed by atoms with van der Waals surface area (Å²) < 4.78 is 5.65. The van der Waals surface area contributed by atoms with Crippen molar-refractivity contribution in [1.82, 2.24) is 9.97 Å². The number of halogens is 1. The fraction of sp³-hybridized carbons (Fsp3) is 0.0588. The van der Waals surface area contributed by atoms with Gasteiger partial charge in [-0.2, -0.15) is 0 Å². The van der Waals surface area contributed by atoms with Crippen molar-refractivity contribution < 1.29 is 4.74 Å². The van der Waals surface area contributed by atoms with Crippen LogP contribution in [0.2, 0.25) is 5.15 Å². The summed E-state index contributed by atoms with van der Waals surface area (Å²) in [7, 11) is 0. The first-order valence-electron chi connectivity index (χ1n) is 6.58. The first-order chi connectivity index (χ1) is 10.3. The van der Waals surface area contributed by atoms with Crippen molar-refractivity contribution in [2.45, 2.75) is 6.61 Å². The zero-order valence-electron chi connectivity index (χ0n) is 11.2. The molecule has 0 unspecified atom stereocenters. The molecule has 3 nitrogen and oxygen atoms in total. The van der Waals surface area contributed by atoms with E-state index < -0.39 is 0 Å². The van der Waals surface area contributed by atoms with Crippen molar-refractivity contribution in [3.63, 3.8) is 0 Å². The zero-order valence-corrected chi connectivity index (χ0v) is 12.0. The lowest BCUT2D eigenvalue weighted by molar-refractivity contribution is 0.296. The van der Waals surface area contributed by atoms with Gasteiger partial charge in [-0.05, 0) is 12.1 Å². The quantitative estimate of drug-likeness (QED) is 0.670. The first-order valence-corrected chi connectivity index (χ1v) is 6.96. The number of hydrogen-bond donors (Lipinski definition) is 0. The normalized spacial score (nSPS) is 10.3. The lowest BCUT2D eigenvalue weighted by atomic mass is 10.1. The maximum atomic E-state index is 6.07. The van der Waals surface area contributed by atoms with Crippen LogP contribution in [0.3, 0.4) is 0 Å². The molecule has 104 valence electrons. The van der Waals surface area contributed by atoms with Crippen LogP contribution in [0.25, 0.3) is 11.3 Å². The van der Waals surface area contributed by atoms with E-state index in [1.54, 1.807) is 6.07 Å². The Bertz CT molecular complexity index is 717. The van der Waals surface area contributed by atoms with Crippen molar-refractivity contribution in [3.05, 3.63) is 77.7 Å². The minimum atomic E-state index is 0.282. The second-order valence-corrected chi connectivity index (χ2v) is 4.85. The SMILES string of the molecule is Clc1cc(-c2ccccc2)nc(COc2ccccc2)n1. The van der Waals surface area contributed by atoms with Crippen LogP contribution in [0.5, 0.6) is 5.75 Å². The predicted molar refractivity (Wildman–Crippen MR) is 83.3 cm³/mol. The summed E-state index contributed by atoms with van der Waals surface area (Å²) in [5.74, 6) is 1.34. The molecular weight excluding hydrogens is 284 g/mol. The van der Waals surface area contributed by atoms with Gasteiger partial charge in [-0.1, -0.05) is 60.1 Å². The van der Waals surface area contributed by atoms with E-state index in [9.17, 15) is 0 Å². The molecule has 0 aliphatic carbocycles. The highest BCUT2D eigenvalue weighted by Crippen LogP contribution is 2.20. The topological polar surface area (TPSA) is 35.0 Å². The number of ether oxygens (including phenoxy) is 1. The molecule has 0 N–H and O–H groups in total. The Morgan fingerprint density at radius 3 is 2.24 bits per heavy atom. The van der Waals surface area contributed by atoms with Crippen LogP contribution in [-0.4, -0.2) is 9.97 Å². The number of aromatic nitrogens is 2. The number of para-hydroxylation sites is 1. The average molecular weight is 297 g/mol. The second-order valence-electron chi connectivity index (χ2n) is 4.46. The van der Waals surface area contributed by atoms with Gasteiger partial charge in [0.1, 0.15) is 17.5 Å². The Morgan fingerprint density at radius 2 is 1.52 bits per heavy atom. The summed E-state index contributed by atoms with van der Waals surface area (Å²) in [5, 5.41) is 0.413. The summed E-state index contributed by atoms with van der Waals surface area (Å²) in [6.07, 6.45) is 0. The summed E-state index contributed by atoms with van der Waals surface area (Å²) in [6, 6.07) is 21.2. The molecule has 0 aliphatic rings. The number of nitrogens with zero attached hydrogens (tertiary/aromatic N) is 2. The summed E-state index contributed by atoms with van der Waals surface area (Å²) in [5.41, 5.74) is 1.80. The van der Waals surface area contributed by atoms with Gasteiger partial charge in [0.05, 0.1) is 5.69 Å². The summed E-state index contributed by atoms with van der Waals surface area (Å²) in [4.78, 5) is 8.70. The van der Waals surface area contributed by atoms with Gasteiger partial charge in [0, 0.05) is 11.6 Å². The molecule has 2 aromatic carbocycles. The largest absolute Gasteiger partial charge is 0.486 e. The first kappa shape index (κ1) is 13.6. The molecule has 0 aliphatic heterocycles. The van der Waals surface area contributed by atoms with E-state index in [0.29, 0.717) is 11.0 Å². The zero-order chi connectivity index (χ0) is 14.5. The Kier molecular flexibility index (Phi) is 4.12. The van der Waals surface area contributed by atoms with Crippen LogP contribution in [0, 0.1) is 0 Å². The van der Waals surface area contributed by atoms with E-state index >= 15 is 0 Å². The maximum Gasteiger partial charge on any atom is 0.168 e. The second kappa shape index (κ2) is 6.37. The fourth-order valence-electron chi connectivity index (χ4n) is 1.95. The summed E-state index contributed by atoms with van der Waals surface area (Å²) in [6.45, 7) is 0.282. The molecule has 1 heterocycles. The van der Waals surface area contributed by atoms with Gasteiger partial charge in [-0.3, -0.25) is 0 Å². The van der Waals surface area contributed by atoms with E-state index in [-0.39, 0.29) is 6.61 Å². The van der Waals surface area contributed by atoms with E-state index in [1.165, 1.54) is 0 Å². The lowest BCUT2D eigenvalue weighted by Crippen LogP contribution is -2.02. The van der Waals surface area contributed by atoms with Crippen LogP contribution >= 0.6 is 11.6 Å². The van der Waals surface area contributed by atoms with Crippen molar-refractivity contribution >= 4 is 11.6 Å². The number of hydrogen-bond acceptors (Lipinski definition) is 3. The van der Waals surface area contributed by atoms with Crippen molar-refractivity contribution in [3.8, 4) is 17.0 Å². The molecule has 1 aromatic heterocycles. The summed E-state index contributed by atoms with van der Waals surface area (Å²) >= 11 is 6.07. The molecule has 4 heteroatoms. The van der Waals surface area contributed by atoms with Crippen LogP contribution in [-0.2, 0) is 6.61 Å². The van der Waals surface area contributed by atoms with Crippen molar-refractivity contribution in [2.75, 3.05) is 0 Å². The Balaban J connectivity index is 1.82. The molecule has 0 saturated heterocycles. The highest BCUT2D eigenvalue weighted by molar-refractivity contribution is 6.29. The van der Waals surface area contributed by atoms with Crippen LogP contribution in [0.4, 0.5) is 0 Å². The minimum absolute atomic E-state index is 0.282. The Labute approximate surface area is 128 Å². The van der Waals surface area contributed by atoms with Crippen LogP contribution in [0.1, 0.15) is 5.82 Å². The van der Waals surface area contributed by atoms with Crippen LogP contribution < -0.4 is 4.74 Å². The third kappa shape index (κ3) is 3.58. The monoisotopic (exact) mass is 296 g/mol. The van der Waals surface area contributed by atoms with E-state index in [0.717, 1.165) is 17.0 Å². The molecule has 3 rings (SSSR count). The van der Waals surface area contributed by atoms with Gasteiger partial charge in [-0.25, -0.2) is 9.97 Å². The van der Waals surface area contributed by atoms with Gasteiger partial charge >= 0.3 is 0 Å². The van der Waals surface area contributed by atoms with Gasteiger partial charge in [0.15, 0.2) is 5.82 Å². The third-order valence-electron chi connectivity index (χ3n) is 2.92. The maximum absolute atomic E-state index is 6.07. The standard InChI is InChI=1S/C17H13ClN2O/c18-16-11-15(13-7-3-1-4-8-13)19-17(20-16)12-21-14-9-5-2-6-10-14/h1-11H,12H2. The van der Waals surface area contributed by atoms with Crippen molar-refractivity contribution in [2.24, 2.45) is 0 Å². The predicted octanol–water partition coefficient (Wildman–Crippen LogP) is 4.38. The molecule has 0 amide bonds. The molecule has 3 aromatic rings. The number of rotatable bonds is 4. The Morgan fingerprint density at radius 1 is 0.857 bits per heavy atom. The van der Waals surface area contributed by atoms with Gasteiger partial charge in [0.25, 0.3) is 0 Å². The van der Waals surface area contributed by atoms with Crippen LogP contribution in [0.15, 0.2) is 66.7 Å². The lowest BCUT2D eigenvalue weighted by Gasteiger charge is -2.07. The van der Waals surface area contributed by atoms with Gasteiger partial charge in [-0.15, -0.1) is 0 Å². The molecule has 0 bridgehead atoms. The van der Waals surface area contributed by atoms with E-state index in [1.807, 2.05) is 60.7 Å². The van der Waals surface area contributed by atoms with E-state index in [2.05, 4.69) is 9.97 Å². The van der Waals surface area contributed by atoms with Gasteiger partial charge < -0.3 is 4.74 Å². The molecule has 0 saturated carbocycles. The number of benzene rings is 2.